The van der Waals surface area contributed by atoms with Crippen molar-refractivity contribution in [1.29, 1.82) is 0 Å². The topological polar surface area (TPSA) is 33.1 Å². The number of rotatable bonds is 8. The molecule has 1 N–H and O–H groups in total. The fourth-order valence-corrected chi connectivity index (χ4v) is 2.21. The molecule has 0 atom stereocenters. The zero-order valence-corrected chi connectivity index (χ0v) is 13.4. The van der Waals surface area contributed by atoms with Crippen LogP contribution in [0, 0.1) is 5.92 Å². The fourth-order valence-electron chi connectivity index (χ4n) is 2.21. The van der Waals surface area contributed by atoms with Gasteiger partial charge in [-0.3, -0.25) is 4.68 Å². The minimum absolute atomic E-state index is 0.514. The number of hydrogen-bond acceptors (Lipinski definition) is 3. The van der Waals surface area contributed by atoms with Crippen LogP contribution in [0.1, 0.15) is 44.9 Å². The average Bonchev–Trinajstić information content (AvgIpc) is 2.69. The molecule has 1 rings (SSSR count). The molecule has 4 nitrogen and oxygen atoms in total. The van der Waals surface area contributed by atoms with Gasteiger partial charge in [0, 0.05) is 24.3 Å². The van der Waals surface area contributed by atoms with E-state index in [1.54, 1.807) is 0 Å². The summed E-state index contributed by atoms with van der Waals surface area (Å²) in [5, 5.41) is 8.07. The number of nitrogens with one attached hydrogen (secondary N) is 1. The van der Waals surface area contributed by atoms with Gasteiger partial charge in [0.15, 0.2) is 0 Å². The summed E-state index contributed by atoms with van der Waals surface area (Å²) in [6.45, 7) is 12.9. The smallest absolute Gasteiger partial charge is 0.0539 e. The number of nitrogens with zero attached hydrogens (tertiary/aromatic N) is 3. The van der Waals surface area contributed by atoms with Crippen LogP contribution in [-0.4, -0.2) is 41.9 Å². The second-order valence-corrected chi connectivity index (χ2v) is 6.26. The summed E-state index contributed by atoms with van der Waals surface area (Å²) in [6, 6.07) is 0. The normalized spacial score (nSPS) is 12.1. The van der Waals surface area contributed by atoms with E-state index in [1.165, 1.54) is 11.3 Å². The lowest BCUT2D eigenvalue weighted by Crippen LogP contribution is -2.22. The second kappa shape index (κ2) is 7.65. The van der Waals surface area contributed by atoms with E-state index in [4.69, 9.17) is 0 Å². The van der Waals surface area contributed by atoms with Crippen molar-refractivity contribution in [3.8, 4) is 0 Å². The third-order valence-corrected chi connectivity index (χ3v) is 3.13. The molecule has 0 bridgehead atoms. The summed E-state index contributed by atoms with van der Waals surface area (Å²) < 4.78 is 2.16. The van der Waals surface area contributed by atoms with Gasteiger partial charge >= 0.3 is 0 Å². The van der Waals surface area contributed by atoms with Crippen LogP contribution in [0.4, 0.5) is 0 Å². The predicted octanol–water partition coefficient (Wildman–Crippen LogP) is 2.31. The van der Waals surface area contributed by atoms with Crippen molar-refractivity contribution in [1.82, 2.24) is 20.0 Å². The quantitative estimate of drug-likeness (QED) is 0.784. The minimum atomic E-state index is 0.514. The zero-order chi connectivity index (χ0) is 14.4. The van der Waals surface area contributed by atoms with Crippen LogP contribution in [0.2, 0.25) is 0 Å². The Hall–Kier alpha value is -0.870. The Balaban J connectivity index is 2.70. The lowest BCUT2D eigenvalue weighted by Gasteiger charge is -2.15. The first-order valence-corrected chi connectivity index (χ1v) is 7.31. The van der Waals surface area contributed by atoms with E-state index >= 15 is 0 Å². The molecule has 1 heterocycles. The van der Waals surface area contributed by atoms with Gasteiger partial charge in [-0.1, -0.05) is 27.7 Å². The van der Waals surface area contributed by atoms with Crippen LogP contribution in [0.3, 0.4) is 0 Å². The van der Waals surface area contributed by atoms with Crippen LogP contribution in [0.5, 0.6) is 0 Å². The SMILES string of the molecule is CC(C)CNCc1cnn(CCN(C)C)c1C(C)C. The van der Waals surface area contributed by atoms with Gasteiger partial charge in [0.05, 0.1) is 12.7 Å². The molecule has 0 radical (unpaired) electrons. The van der Waals surface area contributed by atoms with Gasteiger partial charge in [0.1, 0.15) is 0 Å². The first kappa shape index (κ1) is 16.2. The van der Waals surface area contributed by atoms with E-state index in [2.05, 4.69) is 61.8 Å². The molecule has 0 aliphatic carbocycles. The molecule has 110 valence electrons. The maximum Gasteiger partial charge on any atom is 0.0539 e. The lowest BCUT2D eigenvalue weighted by molar-refractivity contribution is 0.367. The zero-order valence-electron chi connectivity index (χ0n) is 13.4. The Morgan fingerprint density at radius 2 is 1.95 bits per heavy atom. The molecule has 0 saturated heterocycles. The summed E-state index contributed by atoms with van der Waals surface area (Å²) in [6.07, 6.45) is 2.03. The third kappa shape index (κ3) is 5.33. The highest BCUT2D eigenvalue weighted by Gasteiger charge is 2.14. The highest BCUT2D eigenvalue weighted by atomic mass is 15.3. The molecule has 0 fully saturated rings. The van der Waals surface area contributed by atoms with E-state index < -0.39 is 0 Å². The van der Waals surface area contributed by atoms with E-state index in [0.717, 1.165) is 26.2 Å². The van der Waals surface area contributed by atoms with Crippen LogP contribution < -0.4 is 5.32 Å². The molecule has 0 aliphatic rings. The van der Waals surface area contributed by atoms with Gasteiger partial charge in [0.2, 0.25) is 0 Å². The van der Waals surface area contributed by atoms with Gasteiger partial charge in [-0.25, -0.2) is 0 Å². The standard InChI is InChI=1S/C15H30N4/c1-12(2)9-16-10-14-11-17-19(8-7-18(5)6)15(14)13(3)4/h11-13,16H,7-10H2,1-6H3. The molecule has 1 aromatic rings. The van der Waals surface area contributed by atoms with E-state index in [0.29, 0.717) is 11.8 Å². The van der Waals surface area contributed by atoms with Crippen LogP contribution in [0.15, 0.2) is 6.20 Å². The fraction of sp³-hybridized carbons (Fsp3) is 0.800. The maximum absolute atomic E-state index is 4.56. The Morgan fingerprint density at radius 1 is 1.26 bits per heavy atom. The molecule has 0 aromatic carbocycles. The summed E-state index contributed by atoms with van der Waals surface area (Å²) in [5.74, 6) is 1.20. The van der Waals surface area contributed by atoms with Crippen molar-refractivity contribution in [2.75, 3.05) is 27.2 Å². The molecule has 4 heteroatoms. The van der Waals surface area contributed by atoms with Gasteiger partial charge < -0.3 is 10.2 Å². The van der Waals surface area contributed by atoms with Crippen molar-refractivity contribution >= 4 is 0 Å². The second-order valence-electron chi connectivity index (χ2n) is 6.26. The largest absolute Gasteiger partial charge is 0.312 e. The van der Waals surface area contributed by atoms with Crippen molar-refractivity contribution in [3.63, 3.8) is 0 Å². The summed E-state index contributed by atoms with van der Waals surface area (Å²) in [5.41, 5.74) is 2.72. The Kier molecular flexibility index (Phi) is 6.52. The average molecular weight is 266 g/mol. The number of aromatic nitrogens is 2. The van der Waals surface area contributed by atoms with Crippen molar-refractivity contribution in [2.24, 2.45) is 5.92 Å². The Bertz CT molecular complexity index is 366. The molecule has 1 aromatic heterocycles. The van der Waals surface area contributed by atoms with Crippen LogP contribution in [0.25, 0.3) is 0 Å². The Labute approximate surface area is 118 Å². The molecule has 0 amide bonds. The van der Waals surface area contributed by atoms with Crippen molar-refractivity contribution < 1.29 is 0 Å². The van der Waals surface area contributed by atoms with Crippen LogP contribution in [-0.2, 0) is 13.1 Å². The van der Waals surface area contributed by atoms with Crippen molar-refractivity contribution in [2.45, 2.75) is 46.7 Å². The summed E-state index contributed by atoms with van der Waals surface area (Å²) in [7, 11) is 4.20. The Morgan fingerprint density at radius 3 is 2.47 bits per heavy atom. The monoisotopic (exact) mass is 266 g/mol. The highest BCUT2D eigenvalue weighted by molar-refractivity contribution is 5.21. The van der Waals surface area contributed by atoms with E-state index in [9.17, 15) is 0 Å². The molecular formula is C15H30N4. The van der Waals surface area contributed by atoms with E-state index in [-0.39, 0.29) is 0 Å². The first-order valence-electron chi connectivity index (χ1n) is 7.31. The van der Waals surface area contributed by atoms with Gasteiger partial charge in [-0.15, -0.1) is 0 Å². The third-order valence-electron chi connectivity index (χ3n) is 3.13. The van der Waals surface area contributed by atoms with Gasteiger partial charge in [-0.05, 0) is 32.5 Å². The number of likely N-dealkylation sites (N-methyl/N-ethyl adjacent to an activating group) is 1. The molecule has 19 heavy (non-hydrogen) atoms. The van der Waals surface area contributed by atoms with Gasteiger partial charge in [0.25, 0.3) is 0 Å². The molecule has 0 saturated carbocycles. The van der Waals surface area contributed by atoms with Gasteiger partial charge in [-0.2, -0.15) is 5.10 Å². The summed E-state index contributed by atoms with van der Waals surface area (Å²) in [4.78, 5) is 2.20. The van der Waals surface area contributed by atoms with Crippen molar-refractivity contribution in [3.05, 3.63) is 17.5 Å². The summed E-state index contributed by atoms with van der Waals surface area (Å²) >= 11 is 0. The number of hydrogen-bond donors (Lipinski definition) is 1. The highest BCUT2D eigenvalue weighted by Crippen LogP contribution is 2.19. The molecule has 0 aliphatic heterocycles. The maximum atomic E-state index is 4.56. The molecule has 0 unspecified atom stereocenters. The van der Waals surface area contributed by atoms with Crippen LogP contribution >= 0.6 is 0 Å². The molecule has 0 spiro atoms. The minimum Gasteiger partial charge on any atom is -0.312 e. The molecular weight excluding hydrogens is 236 g/mol. The predicted molar refractivity (Wildman–Crippen MR) is 81.4 cm³/mol. The van der Waals surface area contributed by atoms with E-state index in [1.807, 2.05) is 6.20 Å². The first-order chi connectivity index (χ1) is 8.91. The lowest BCUT2D eigenvalue weighted by atomic mass is 10.1.